The lowest BCUT2D eigenvalue weighted by Crippen LogP contribution is -2.60. The fourth-order valence-corrected chi connectivity index (χ4v) is 2.99. The van der Waals surface area contributed by atoms with Gasteiger partial charge in [0.15, 0.2) is 0 Å². The fourth-order valence-electron chi connectivity index (χ4n) is 2.99. The molecule has 0 radical (unpaired) electrons. The van der Waals surface area contributed by atoms with Crippen LogP contribution < -0.4 is 0 Å². The molecule has 2 heterocycles. The zero-order chi connectivity index (χ0) is 9.42. The normalized spacial score (nSPS) is 36.9. The van der Waals surface area contributed by atoms with Crippen LogP contribution in [0.15, 0.2) is 0 Å². The molecular weight excluding hydrogens is 158 g/mol. The molecule has 0 N–H and O–H groups in total. The zero-order valence-corrected chi connectivity index (χ0v) is 9.29. The standard InChI is InChI=1S/C12H23N/c1-9(2)10(3)11-8-13-7-5-4-6-12(11)13/h9-12H,4-8H2,1-3H3. The second-order valence-corrected chi connectivity index (χ2v) is 5.33. The molecule has 1 nitrogen and oxygen atoms in total. The van der Waals surface area contributed by atoms with Crippen LogP contribution in [0.25, 0.3) is 0 Å². The lowest BCUT2D eigenvalue weighted by Gasteiger charge is -2.54. The van der Waals surface area contributed by atoms with E-state index in [9.17, 15) is 0 Å². The van der Waals surface area contributed by atoms with Gasteiger partial charge in [-0.15, -0.1) is 0 Å². The second-order valence-electron chi connectivity index (χ2n) is 5.33. The van der Waals surface area contributed by atoms with Crippen molar-refractivity contribution in [3.63, 3.8) is 0 Å². The fraction of sp³-hybridized carbons (Fsp3) is 1.00. The van der Waals surface area contributed by atoms with Gasteiger partial charge in [-0.2, -0.15) is 0 Å². The number of hydrogen-bond acceptors (Lipinski definition) is 1. The highest BCUT2D eigenvalue weighted by Crippen LogP contribution is 2.39. The van der Waals surface area contributed by atoms with E-state index in [1.165, 1.54) is 32.4 Å². The van der Waals surface area contributed by atoms with Gasteiger partial charge in [-0.25, -0.2) is 0 Å². The average Bonchev–Trinajstić information content (AvgIpc) is 2.06. The van der Waals surface area contributed by atoms with Gasteiger partial charge in [0.1, 0.15) is 0 Å². The molecule has 0 aliphatic carbocycles. The van der Waals surface area contributed by atoms with Gasteiger partial charge in [0.25, 0.3) is 0 Å². The van der Waals surface area contributed by atoms with Crippen LogP contribution in [0.1, 0.15) is 40.0 Å². The maximum Gasteiger partial charge on any atom is 0.0138 e. The monoisotopic (exact) mass is 181 g/mol. The maximum absolute atomic E-state index is 2.70. The molecule has 2 rings (SSSR count). The summed E-state index contributed by atoms with van der Waals surface area (Å²) < 4.78 is 0. The van der Waals surface area contributed by atoms with Crippen molar-refractivity contribution in [2.45, 2.75) is 46.1 Å². The summed E-state index contributed by atoms with van der Waals surface area (Å²) in [6, 6.07) is 0.964. The van der Waals surface area contributed by atoms with Crippen LogP contribution in [-0.4, -0.2) is 24.0 Å². The van der Waals surface area contributed by atoms with Crippen LogP contribution in [0.2, 0.25) is 0 Å². The molecule has 0 spiro atoms. The van der Waals surface area contributed by atoms with Gasteiger partial charge in [0.2, 0.25) is 0 Å². The highest BCUT2D eigenvalue weighted by atomic mass is 15.2. The number of hydrogen-bond donors (Lipinski definition) is 0. The third kappa shape index (κ3) is 1.63. The van der Waals surface area contributed by atoms with Crippen molar-refractivity contribution in [1.82, 2.24) is 4.90 Å². The highest BCUT2D eigenvalue weighted by Gasteiger charge is 2.42. The van der Waals surface area contributed by atoms with Crippen LogP contribution in [0.3, 0.4) is 0 Å². The summed E-state index contributed by atoms with van der Waals surface area (Å²) in [7, 11) is 0. The van der Waals surface area contributed by atoms with Crippen LogP contribution >= 0.6 is 0 Å². The topological polar surface area (TPSA) is 3.24 Å². The Morgan fingerprint density at radius 3 is 2.54 bits per heavy atom. The van der Waals surface area contributed by atoms with Crippen molar-refractivity contribution in [1.29, 1.82) is 0 Å². The van der Waals surface area contributed by atoms with Gasteiger partial charge in [0, 0.05) is 12.6 Å². The van der Waals surface area contributed by atoms with Gasteiger partial charge in [-0.3, -0.25) is 4.90 Å². The van der Waals surface area contributed by atoms with E-state index in [0.29, 0.717) is 0 Å². The third-order valence-electron chi connectivity index (χ3n) is 4.33. The predicted molar refractivity (Wildman–Crippen MR) is 56.7 cm³/mol. The Hall–Kier alpha value is -0.0400. The summed E-state index contributed by atoms with van der Waals surface area (Å²) in [5, 5.41) is 0. The Morgan fingerprint density at radius 1 is 1.15 bits per heavy atom. The van der Waals surface area contributed by atoms with E-state index in [-0.39, 0.29) is 0 Å². The van der Waals surface area contributed by atoms with E-state index in [1.54, 1.807) is 0 Å². The molecule has 0 saturated carbocycles. The molecule has 0 aromatic heterocycles. The Morgan fingerprint density at radius 2 is 1.92 bits per heavy atom. The first-order valence-electron chi connectivity index (χ1n) is 5.94. The van der Waals surface area contributed by atoms with E-state index in [4.69, 9.17) is 0 Å². The first-order chi connectivity index (χ1) is 6.20. The SMILES string of the molecule is CC(C)C(C)C1CN2CCCCC12. The summed E-state index contributed by atoms with van der Waals surface area (Å²) >= 11 is 0. The van der Waals surface area contributed by atoms with Crippen molar-refractivity contribution in [3.05, 3.63) is 0 Å². The molecule has 2 saturated heterocycles. The molecule has 76 valence electrons. The predicted octanol–water partition coefficient (Wildman–Crippen LogP) is 2.76. The lowest BCUT2D eigenvalue weighted by molar-refractivity contribution is -0.0491. The molecule has 0 amide bonds. The Labute approximate surface area is 82.5 Å². The molecule has 0 aromatic carbocycles. The summed E-state index contributed by atoms with van der Waals surface area (Å²) in [5.74, 6) is 2.81. The van der Waals surface area contributed by atoms with E-state index < -0.39 is 0 Å². The van der Waals surface area contributed by atoms with Gasteiger partial charge in [-0.05, 0) is 37.1 Å². The third-order valence-corrected chi connectivity index (χ3v) is 4.33. The maximum atomic E-state index is 2.70. The van der Waals surface area contributed by atoms with Crippen molar-refractivity contribution in [3.8, 4) is 0 Å². The minimum Gasteiger partial charge on any atom is -0.300 e. The summed E-state index contributed by atoms with van der Waals surface area (Å²) in [6.45, 7) is 9.96. The van der Waals surface area contributed by atoms with Crippen LogP contribution in [0, 0.1) is 17.8 Å². The van der Waals surface area contributed by atoms with Gasteiger partial charge in [0.05, 0.1) is 0 Å². The van der Waals surface area contributed by atoms with Crippen LogP contribution in [0.5, 0.6) is 0 Å². The largest absolute Gasteiger partial charge is 0.300 e. The van der Waals surface area contributed by atoms with E-state index >= 15 is 0 Å². The molecule has 1 heteroatoms. The van der Waals surface area contributed by atoms with Crippen molar-refractivity contribution < 1.29 is 0 Å². The molecule has 3 unspecified atom stereocenters. The molecule has 2 fully saturated rings. The molecule has 13 heavy (non-hydrogen) atoms. The van der Waals surface area contributed by atoms with E-state index in [0.717, 1.165) is 23.8 Å². The average molecular weight is 181 g/mol. The highest BCUT2D eigenvalue weighted by molar-refractivity contribution is 4.96. The smallest absolute Gasteiger partial charge is 0.0138 e. The van der Waals surface area contributed by atoms with Gasteiger partial charge < -0.3 is 0 Å². The van der Waals surface area contributed by atoms with Gasteiger partial charge >= 0.3 is 0 Å². The molecule has 2 aliphatic heterocycles. The van der Waals surface area contributed by atoms with Crippen molar-refractivity contribution in [2.75, 3.05) is 13.1 Å². The molecule has 2 aliphatic rings. The van der Waals surface area contributed by atoms with Crippen LogP contribution in [-0.2, 0) is 0 Å². The Kier molecular flexibility index (Phi) is 2.64. The molecule has 0 aromatic rings. The summed E-state index contributed by atoms with van der Waals surface area (Å²) in [6.07, 6.45) is 4.39. The number of rotatable bonds is 2. The number of piperidine rings is 1. The first-order valence-corrected chi connectivity index (χ1v) is 5.94. The zero-order valence-electron chi connectivity index (χ0n) is 9.29. The van der Waals surface area contributed by atoms with E-state index in [1.807, 2.05) is 0 Å². The molecule has 0 bridgehead atoms. The Bertz CT molecular complexity index is 176. The summed E-state index contributed by atoms with van der Waals surface area (Å²) in [5.41, 5.74) is 0. The molecular formula is C12H23N. The number of nitrogens with zero attached hydrogens (tertiary/aromatic N) is 1. The number of fused-ring (bicyclic) bond motifs is 1. The van der Waals surface area contributed by atoms with Crippen LogP contribution in [0.4, 0.5) is 0 Å². The lowest BCUT2D eigenvalue weighted by atomic mass is 9.71. The quantitative estimate of drug-likeness (QED) is 0.633. The van der Waals surface area contributed by atoms with Gasteiger partial charge in [-0.1, -0.05) is 27.2 Å². The second kappa shape index (κ2) is 3.61. The Balaban J connectivity index is 1.90. The minimum absolute atomic E-state index is 0.870. The first kappa shape index (κ1) is 9.51. The van der Waals surface area contributed by atoms with Crippen molar-refractivity contribution in [2.24, 2.45) is 17.8 Å². The van der Waals surface area contributed by atoms with Crippen molar-refractivity contribution >= 4 is 0 Å². The summed E-state index contributed by atoms with van der Waals surface area (Å²) in [4.78, 5) is 2.70. The molecule has 3 atom stereocenters. The van der Waals surface area contributed by atoms with E-state index in [2.05, 4.69) is 25.7 Å². The minimum atomic E-state index is 0.870.